The van der Waals surface area contributed by atoms with Crippen LogP contribution in [0.1, 0.15) is 25.3 Å². The van der Waals surface area contributed by atoms with Gasteiger partial charge in [-0.15, -0.1) is 0 Å². The summed E-state index contributed by atoms with van der Waals surface area (Å²) < 4.78 is 27.9. The van der Waals surface area contributed by atoms with E-state index in [4.69, 9.17) is 15.4 Å². The monoisotopic (exact) mass is 317 g/mol. The molecule has 0 aromatic heterocycles. The summed E-state index contributed by atoms with van der Waals surface area (Å²) in [5, 5.41) is 2.75. The lowest BCUT2D eigenvalue weighted by Gasteiger charge is -2.13. The summed E-state index contributed by atoms with van der Waals surface area (Å²) in [5.41, 5.74) is 1.19. The molecule has 0 spiro atoms. The molecular formula is C13H16ClNO4S. The Balaban J connectivity index is 2.12. The van der Waals surface area contributed by atoms with Crippen molar-refractivity contribution in [1.29, 1.82) is 0 Å². The van der Waals surface area contributed by atoms with Crippen LogP contribution in [0.5, 0.6) is 0 Å². The van der Waals surface area contributed by atoms with Gasteiger partial charge in [-0.2, -0.15) is 0 Å². The molecule has 1 aliphatic rings. The van der Waals surface area contributed by atoms with Crippen LogP contribution in [-0.4, -0.2) is 26.5 Å². The third-order valence-corrected chi connectivity index (χ3v) is 4.61. The molecule has 7 heteroatoms. The highest BCUT2D eigenvalue weighted by Gasteiger charge is 2.28. The Morgan fingerprint density at radius 2 is 2.10 bits per heavy atom. The number of benzene rings is 1. The zero-order valence-electron chi connectivity index (χ0n) is 11.2. The Hall–Kier alpha value is -1.11. The van der Waals surface area contributed by atoms with Crippen LogP contribution in [0.3, 0.4) is 0 Å². The summed E-state index contributed by atoms with van der Waals surface area (Å²) in [6, 6.07) is 4.32. The topological polar surface area (TPSA) is 72.5 Å². The second-order valence-electron chi connectivity index (χ2n) is 4.92. The average Bonchev–Trinajstić information content (AvgIpc) is 2.77. The van der Waals surface area contributed by atoms with Crippen molar-refractivity contribution in [2.45, 2.75) is 43.8 Å². The van der Waals surface area contributed by atoms with Crippen LogP contribution in [0.2, 0.25) is 0 Å². The van der Waals surface area contributed by atoms with E-state index in [0.717, 1.165) is 6.42 Å². The number of carbonyl (C=O) groups excluding carboxylic acids is 1. The fourth-order valence-electron chi connectivity index (χ4n) is 2.14. The fourth-order valence-corrected chi connectivity index (χ4v) is 2.97. The summed E-state index contributed by atoms with van der Waals surface area (Å²) in [6.07, 6.45) is 1.21. The van der Waals surface area contributed by atoms with E-state index in [1.54, 1.807) is 6.92 Å². The van der Waals surface area contributed by atoms with Gasteiger partial charge < -0.3 is 10.1 Å². The predicted octanol–water partition coefficient (Wildman–Crippen LogP) is 2.43. The van der Waals surface area contributed by atoms with Gasteiger partial charge in [0.2, 0.25) is 0 Å². The number of ether oxygens (including phenoxy) is 1. The van der Waals surface area contributed by atoms with Crippen molar-refractivity contribution >= 4 is 31.3 Å². The number of hydrogen-bond acceptors (Lipinski definition) is 4. The van der Waals surface area contributed by atoms with Gasteiger partial charge in [-0.3, -0.25) is 4.79 Å². The van der Waals surface area contributed by atoms with Crippen LogP contribution in [-0.2, 0) is 18.6 Å². The van der Waals surface area contributed by atoms with Crippen molar-refractivity contribution in [1.82, 2.24) is 0 Å². The summed E-state index contributed by atoms with van der Waals surface area (Å²) in [6.45, 7) is 3.64. The second kappa shape index (κ2) is 5.71. The largest absolute Gasteiger partial charge is 0.365 e. The Labute approximate surface area is 122 Å². The molecule has 20 heavy (non-hydrogen) atoms. The van der Waals surface area contributed by atoms with E-state index in [1.165, 1.54) is 18.2 Å². The standard InChI is InChI=1S/C13H16ClNO4S/c1-8-7-10(20(14,17)18)4-5-11(8)15-13(16)12-6-3-9(2)19-12/h4-5,7,9,12H,3,6H2,1-2H3,(H,15,16). The lowest BCUT2D eigenvalue weighted by Crippen LogP contribution is -2.28. The molecule has 0 radical (unpaired) electrons. The molecule has 1 amide bonds. The summed E-state index contributed by atoms with van der Waals surface area (Å²) >= 11 is 0. The maximum Gasteiger partial charge on any atom is 0.261 e. The molecule has 1 N–H and O–H groups in total. The molecule has 2 atom stereocenters. The normalized spacial score (nSPS) is 22.8. The molecule has 2 rings (SSSR count). The number of nitrogens with one attached hydrogen (secondary N) is 1. The number of carbonyl (C=O) groups is 1. The molecular weight excluding hydrogens is 302 g/mol. The minimum Gasteiger partial charge on any atom is -0.365 e. The number of aryl methyl sites for hydroxylation is 1. The molecule has 0 bridgehead atoms. The van der Waals surface area contributed by atoms with Gasteiger partial charge in [0.15, 0.2) is 0 Å². The number of halogens is 1. The van der Waals surface area contributed by atoms with Gasteiger partial charge in [-0.05, 0) is 50.5 Å². The fraction of sp³-hybridized carbons (Fsp3) is 0.462. The highest BCUT2D eigenvalue weighted by molar-refractivity contribution is 8.13. The quantitative estimate of drug-likeness (QED) is 0.869. The Bertz CT molecular complexity index is 629. The number of amides is 1. The van der Waals surface area contributed by atoms with Crippen molar-refractivity contribution < 1.29 is 17.9 Å². The van der Waals surface area contributed by atoms with E-state index in [-0.39, 0.29) is 16.9 Å². The SMILES string of the molecule is Cc1cc(S(=O)(=O)Cl)ccc1NC(=O)C1CCC(C)O1. The third kappa shape index (κ3) is 3.50. The van der Waals surface area contributed by atoms with Gasteiger partial charge >= 0.3 is 0 Å². The van der Waals surface area contributed by atoms with E-state index >= 15 is 0 Å². The minimum absolute atomic E-state index is 0.0143. The molecule has 0 saturated carbocycles. The summed E-state index contributed by atoms with van der Waals surface area (Å²) in [5.74, 6) is -0.209. The maximum atomic E-state index is 12.0. The molecule has 110 valence electrons. The first kappa shape index (κ1) is 15.3. The van der Waals surface area contributed by atoms with Crippen molar-refractivity contribution in [3.63, 3.8) is 0 Å². The smallest absolute Gasteiger partial charge is 0.261 e. The number of anilines is 1. The Morgan fingerprint density at radius 3 is 2.60 bits per heavy atom. The van der Waals surface area contributed by atoms with Gasteiger partial charge in [0.1, 0.15) is 6.10 Å². The molecule has 1 heterocycles. The molecule has 2 unspecified atom stereocenters. The zero-order valence-corrected chi connectivity index (χ0v) is 12.8. The van der Waals surface area contributed by atoms with Crippen LogP contribution in [0, 0.1) is 6.92 Å². The van der Waals surface area contributed by atoms with Crippen LogP contribution in [0.4, 0.5) is 5.69 Å². The highest BCUT2D eigenvalue weighted by Crippen LogP contribution is 2.24. The molecule has 1 aromatic rings. The lowest BCUT2D eigenvalue weighted by molar-refractivity contribution is -0.126. The highest BCUT2D eigenvalue weighted by atomic mass is 35.7. The van der Waals surface area contributed by atoms with Gasteiger partial charge in [-0.25, -0.2) is 8.42 Å². The Kier molecular flexibility index (Phi) is 4.36. The van der Waals surface area contributed by atoms with E-state index in [9.17, 15) is 13.2 Å². The van der Waals surface area contributed by atoms with Crippen LogP contribution in [0.25, 0.3) is 0 Å². The van der Waals surface area contributed by atoms with Crippen LogP contribution in [0.15, 0.2) is 23.1 Å². The van der Waals surface area contributed by atoms with Gasteiger partial charge in [0, 0.05) is 16.4 Å². The zero-order chi connectivity index (χ0) is 14.9. The molecule has 1 saturated heterocycles. The molecule has 1 aromatic carbocycles. The van der Waals surface area contributed by atoms with Crippen LogP contribution < -0.4 is 5.32 Å². The second-order valence-corrected chi connectivity index (χ2v) is 7.48. The average molecular weight is 318 g/mol. The van der Waals surface area contributed by atoms with Gasteiger partial charge in [-0.1, -0.05) is 0 Å². The summed E-state index contributed by atoms with van der Waals surface area (Å²) in [7, 11) is 1.51. The molecule has 1 aliphatic heterocycles. The Morgan fingerprint density at radius 1 is 1.40 bits per heavy atom. The first-order valence-corrected chi connectivity index (χ1v) is 8.60. The van der Waals surface area contributed by atoms with Crippen molar-refractivity contribution in [2.24, 2.45) is 0 Å². The van der Waals surface area contributed by atoms with Crippen LogP contribution >= 0.6 is 10.7 Å². The molecule has 0 aliphatic carbocycles. The first-order chi connectivity index (χ1) is 9.27. The van der Waals surface area contributed by atoms with E-state index in [1.807, 2.05) is 6.92 Å². The first-order valence-electron chi connectivity index (χ1n) is 6.29. The van der Waals surface area contributed by atoms with Gasteiger partial charge in [0.25, 0.3) is 15.0 Å². The van der Waals surface area contributed by atoms with E-state index < -0.39 is 15.2 Å². The van der Waals surface area contributed by atoms with E-state index in [0.29, 0.717) is 17.7 Å². The number of rotatable bonds is 3. The maximum absolute atomic E-state index is 12.0. The number of hydrogen-bond donors (Lipinski definition) is 1. The molecule has 1 fully saturated rings. The van der Waals surface area contributed by atoms with Crippen molar-refractivity contribution in [2.75, 3.05) is 5.32 Å². The third-order valence-electron chi connectivity index (χ3n) is 3.26. The van der Waals surface area contributed by atoms with E-state index in [2.05, 4.69) is 5.32 Å². The molecule has 5 nitrogen and oxygen atoms in total. The predicted molar refractivity (Wildman–Crippen MR) is 76.4 cm³/mol. The summed E-state index contributed by atoms with van der Waals surface area (Å²) in [4.78, 5) is 12.0. The van der Waals surface area contributed by atoms with Gasteiger partial charge in [0.05, 0.1) is 11.0 Å². The minimum atomic E-state index is -3.76. The lowest BCUT2D eigenvalue weighted by atomic mass is 10.1. The van der Waals surface area contributed by atoms with Crippen molar-refractivity contribution in [3.05, 3.63) is 23.8 Å². The van der Waals surface area contributed by atoms with Crippen molar-refractivity contribution in [3.8, 4) is 0 Å².